The van der Waals surface area contributed by atoms with Gasteiger partial charge in [-0.3, -0.25) is 10.1 Å². The average molecular weight is 343 g/mol. The summed E-state index contributed by atoms with van der Waals surface area (Å²) in [7, 11) is 0. The number of nitrogens with zero attached hydrogens (tertiary/aromatic N) is 3. The van der Waals surface area contributed by atoms with Crippen molar-refractivity contribution in [3.8, 4) is 28.5 Å². The van der Waals surface area contributed by atoms with Crippen molar-refractivity contribution in [2.24, 2.45) is 0 Å². The van der Waals surface area contributed by atoms with E-state index in [2.05, 4.69) is 36.6 Å². The molecule has 128 valence electrons. The number of non-ortho nitro benzene ring substituents is 1. The summed E-state index contributed by atoms with van der Waals surface area (Å²) < 4.78 is 2.17. The van der Waals surface area contributed by atoms with E-state index < -0.39 is 4.92 Å². The molecule has 1 aliphatic heterocycles. The van der Waals surface area contributed by atoms with Crippen LogP contribution in [0.2, 0.25) is 0 Å². The summed E-state index contributed by atoms with van der Waals surface area (Å²) in [6.07, 6.45) is 2.89. The molecule has 1 aromatic heterocycles. The first-order valence-electron chi connectivity index (χ1n) is 8.41. The number of rotatable bonds is 2. The van der Waals surface area contributed by atoms with Crippen molar-refractivity contribution < 1.29 is 4.92 Å². The van der Waals surface area contributed by atoms with Gasteiger partial charge in [-0.25, -0.2) is 0 Å². The highest BCUT2D eigenvalue weighted by Crippen LogP contribution is 2.44. The van der Waals surface area contributed by atoms with Crippen molar-refractivity contribution in [1.82, 2.24) is 4.57 Å². The van der Waals surface area contributed by atoms with Crippen LogP contribution < -0.4 is 0 Å². The molecule has 4 rings (SSSR count). The fourth-order valence-electron chi connectivity index (χ4n) is 3.80. The zero-order valence-corrected chi connectivity index (χ0v) is 14.6. The summed E-state index contributed by atoms with van der Waals surface area (Å²) in [5, 5.41) is 20.8. The molecular formula is C21H17N3O2. The Kier molecular flexibility index (Phi) is 3.45. The highest BCUT2D eigenvalue weighted by atomic mass is 16.6. The number of benzene rings is 2. The van der Waals surface area contributed by atoms with Crippen LogP contribution in [0.1, 0.15) is 25.0 Å². The molecular weight excluding hydrogens is 326 g/mol. The predicted octanol–water partition coefficient (Wildman–Crippen LogP) is 4.89. The molecule has 0 bridgehead atoms. The van der Waals surface area contributed by atoms with Crippen molar-refractivity contribution >= 4 is 5.69 Å². The molecule has 0 saturated carbocycles. The lowest BCUT2D eigenvalue weighted by Crippen LogP contribution is -2.32. The quantitative estimate of drug-likeness (QED) is 0.491. The number of nitriles is 1. The Labute approximate surface area is 151 Å². The van der Waals surface area contributed by atoms with Crippen molar-refractivity contribution in [1.29, 1.82) is 5.26 Å². The second kappa shape index (κ2) is 5.57. The molecule has 1 aliphatic rings. The van der Waals surface area contributed by atoms with Gasteiger partial charge in [-0.15, -0.1) is 0 Å². The molecule has 3 aromatic rings. The lowest BCUT2D eigenvalue weighted by atomic mass is 9.85. The van der Waals surface area contributed by atoms with Crippen molar-refractivity contribution in [3.63, 3.8) is 0 Å². The minimum Gasteiger partial charge on any atom is -0.340 e. The number of aromatic nitrogens is 1. The van der Waals surface area contributed by atoms with E-state index in [1.165, 1.54) is 17.7 Å². The van der Waals surface area contributed by atoms with Gasteiger partial charge in [0.1, 0.15) is 6.07 Å². The molecule has 5 heteroatoms. The highest BCUT2D eigenvalue weighted by molar-refractivity contribution is 5.83. The SMILES string of the molecule is CC1(C)Cc2ccccc2-c2c(C#N)c(-c3ccc([N+](=O)[O-])cc3)cn21. The van der Waals surface area contributed by atoms with E-state index in [9.17, 15) is 15.4 Å². The first kappa shape index (κ1) is 16.1. The standard InChI is InChI=1S/C21H17N3O2/c1-21(2)11-15-5-3-4-6-17(15)20-18(12-22)19(13-23(20)21)14-7-9-16(10-8-14)24(25)26/h3-10,13H,11H2,1-2H3. The number of fused-ring (bicyclic) bond motifs is 3. The van der Waals surface area contributed by atoms with Gasteiger partial charge in [0, 0.05) is 35.0 Å². The van der Waals surface area contributed by atoms with E-state index in [0.29, 0.717) is 5.56 Å². The van der Waals surface area contributed by atoms with Gasteiger partial charge in [0.25, 0.3) is 5.69 Å². The maximum Gasteiger partial charge on any atom is 0.269 e. The van der Waals surface area contributed by atoms with Gasteiger partial charge in [0.05, 0.1) is 16.2 Å². The molecule has 0 N–H and O–H groups in total. The first-order chi connectivity index (χ1) is 12.4. The lowest BCUT2D eigenvalue weighted by molar-refractivity contribution is -0.384. The second-order valence-corrected chi connectivity index (χ2v) is 7.20. The number of nitro groups is 1. The van der Waals surface area contributed by atoms with Gasteiger partial charge in [0.15, 0.2) is 0 Å². The number of nitro benzene ring substituents is 1. The van der Waals surface area contributed by atoms with Crippen LogP contribution in [0.25, 0.3) is 22.4 Å². The number of hydrogen-bond donors (Lipinski definition) is 0. The van der Waals surface area contributed by atoms with E-state index >= 15 is 0 Å². The Bertz CT molecular complexity index is 1070. The van der Waals surface area contributed by atoms with E-state index in [4.69, 9.17) is 0 Å². The summed E-state index contributed by atoms with van der Waals surface area (Å²) in [5.41, 5.74) is 5.35. The first-order valence-corrected chi connectivity index (χ1v) is 8.41. The Morgan fingerprint density at radius 3 is 2.46 bits per heavy atom. The van der Waals surface area contributed by atoms with Gasteiger partial charge in [0.2, 0.25) is 0 Å². The average Bonchev–Trinajstić information content (AvgIpc) is 3.02. The van der Waals surface area contributed by atoms with Crippen LogP contribution in [0.15, 0.2) is 54.7 Å². The van der Waals surface area contributed by atoms with Crippen molar-refractivity contribution in [3.05, 3.63) is 76.0 Å². The predicted molar refractivity (Wildman–Crippen MR) is 99.7 cm³/mol. The summed E-state index contributed by atoms with van der Waals surface area (Å²) in [4.78, 5) is 10.5. The minimum atomic E-state index is -0.418. The van der Waals surface area contributed by atoms with Crippen LogP contribution in [0.5, 0.6) is 0 Å². The molecule has 0 atom stereocenters. The molecule has 0 amide bonds. The summed E-state index contributed by atoms with van der Waals surface area (Å²) in [5.74, 6) is 0. The third kappa shape index (κ3) is 2.31. The summed E-state index contributed by atoms with van der Waals surface area (Å²) in [6, 6.07) is 16.9. The molecule has 0 unspecified atom stereocenters. The zero-order chi connectivity index (χ0) is 18.5. The lowest BCUT2D eigenvalue weighted by Gasteiger charge is -2.35. The summed E-state index contributed by atoms with van der Waals surface area (Å²) >= 11 is 0. The van der Waals surface area contributed by atoms with Gasteiger partial charge in [-0.2, -0.15) is 5.26 Å². The Hall–Kier alpha value is -3.39. The summed E-state index contributed by atoms with van der Waals surface area (Å²) in [6.45, 7) is 4.32. The van der Waals surface area contributed by atoms with Crippen LogP contribution in [0.4, 0.5) is 5.69 Å². The smallest absolute Gasteiger partial charge is 0.269 e. The normalized spacial score (nSPS) is 14.2. The largest absolute Gasteiger partial charge is 0.340 e. The van der Waals surface area contributed by atoms with E-state index in [-0.39, 0.29) is 11.2 Å². The molecule has 0 saturated heterocycles. The molecule has 26 heavy (non-hydrogen) atoms. The van der Waals surface area contributed by atoms with Crippen molar-refractivity contribution in [2.75, 3.05) is 0 Å². The minimum absolute atomic E-state index is 0.0434. The monoisotopic (exact) mass is 343 g/mol. The van der Waals surface area contributed by atoms with Gasteiger partial charge in [-0.1, -0.05) is 24.3 Å². The topological polar surface area (TPSA) is 71.9 Å². The fourth-order valence-corrected chi connectivity index (χ4v) is 3.80. The Balaban J connectivity index is 1.97. The second-order valence-electron chi connectivity index (χ2n) is 7.20. The van der Waals surface area contributed by atoms with E-state index in [1.807, 2.05) is 18.3 Å². The van der Waals surface area contributed by atoms with Crippen LogP contribution in [0.3, 0.4) is 0 Å². The molecule has 0 spiro atoms. The Morgan fingerprint density at radius 1 is 1.12 bits per heavy atom. The van der Waals surface area contributed by atoms with E-state index in [0.717, 1.165) is 28.8 Å². The van der Waals surface area contributed by atoms with Gasteiger partial charge < -0.3 is 4.57 Å². The molecule has 2 aromatic carbocycles. The number of hydrogen-bond acceptors (Lipinski definition) is 3. The van der Waals surface area contributed by atoms with Gasteiger partial charge in [-0.05, 0) is 43.5 Å². The maximum atomic E-state index is 10.9. The van der Waals surface area contributed by atoms with Crippen LogP contribution in [-0.4, -0.2) is 9.49 Å². The zero-order valence-electron chi connectivity index (χ0n) is 14.6. The third-order valence-electron chi connectivity index (χ3n) is 5.05. The van der Waals surface area contributed by atoms with Crippen molar-refractivity contribution in [2.45, 2.75) is 25.8 Å². The van der Waals surface area contributed by atoms with Crippen LogP contribution in [0, 0.1) is 21.4 Å². The van der Waals surface area contributed by atoms with Crippen LogP contribution >= 0.6 is 0 Å². The molecule has 0 aliphatic carbocycles. The highest BCUT2D eigenvalue weighted by Gasteiger charge is 2.33. The fraction of sp³-hybridized carbons (Fsp3) is 0.190. The molecule has 0 fully saturated rings. The molecule has 2 heterocycles. The molecule has 5 nitrogen and oxygen atoms in total. The van der Waals surface area contributed by atoms with Crippen LogP contribution in [-0.2, 0) is 12.0 Å². The van der Waals surface area contributed by atoms with E-state index in [1.54, 1.807) is 12.1 Å². The van der Waals surface area contributed by atoms with Gasteiger partial charge >= 0.3 is 0 Å². The Morgan fingerprint density at radius 2 is 1.81 bits per heavy atom. The molecule has 0 radical (unpaired) electrons. The maximum absolute atomic E-state index is 10.9. The third-order valence-corrected chi connectivity index (χ3v) is 5.05.